The van der Waals surface area contributed by atoms with E-state index < -0.39 is 0 Å². The highest BCUT2D eigenvalue weighted by Crippen LogP contribution is 2.36. The third kappa shape index (κ3) is 1.09. The molecule has 1 heterocycles. The number of esters is 1. The Labute approximate surface area is 71.6 Å². The first-order chi connectivity index (χ1) is 5.72. The summed E-state index contributed by atoms with van der Waals surface area (Å²) in [7, 11) is 0. The van der Waals surface area contributed by atoms with Crippen molar-refractivity contribution in [1.29, 1.82) is 0 Å². The van der Waals surface area contributed by atoms with Crippen molar-refractivity contribution in [3.8, 4) is 0 Å². The van der Waals surface area contributed by atoms with Crippen LogP contribution in [0.15, 0.2) is 11.8 Å². The Morgan fingerprint density at radius 1 is 1.33 bits per heavy atom. The zero-order valence-corrected chi connectivity index (χ0v) is 7.01. The predicted molar refractivity (Wildman–Crippen MR) is 44.2 cm³/mol. The molecule has 0 bridgehead atoms. The summed E-state index contributed by atoms with van der Waals surface area (Å²) < 4.78 is 5.25. The van der Waals surface area contributed by atoms with Crippen LogP contribution in [-0.4, -0.2) is 11.6 Å². The van der Waals surface area contributed by atoms with Crippen LogP contribution in [0.4, 0.5) is 0 Å². The molecule has 0 amide bonds. The molecule has 0 saturated heterocycles. The van der Waals surface area contributed by atoms with Gasteiger partial charge in [-0.1, -0.05) is 6.42 Å². The fraction of sp³-hybridized carbons (Fsp3) is 0.667. The van der Waals surface area contributed by atoms with E-state index in [9.17, 15) is 4.79 Å². The minimum absolute atomic E-state index is 0.289. The molecule has 2 aliphatic rings. The summed E-state index contributed by atoms with van der Waals surface area (Å²) in [4.78, 5) is 11.0. The lowest BCUT2D eigenvalue weighted by Gasteiger charge is -2.29. The standard InChI is InChI=1S/C9H13NO2/c10-7-6-9(12-8(7)11)4-2-1-3-5-9/h6H,1-5,10H2. The van der Waals surface area contributed by atoms with Crippen LogP contribution in [0, 0.1) is 0 Å². The fourth-order valence-electron chi connectivity index (χ4n) is 2.01. The van der Waals surface area contributed by atoms with Crippen molar-refractivity contribution in [2.24, 2.45) is 5.73 Å². The number of nitrogens with two attached hydrogens (primary N) is 1. The van der Waals surface area contributed by atoms with Crippen LogP contribution < -0.4 is 5.73 Å². The normalized spacial score (nSPS) is 27.0. The summed E-state index contributed by atoms with van der Waals surface area (Å²) in [6.07, 6.45) is 7.20. The lowest BCUT2D eigenvalue weighted by atomic mass is 9.85. The van der Waals surface area contributed by atoms with E-state index in [0.29, 0.717) is 0 Å². The number of rotatable bonds is 0. The van der Waals surface area contributed by atoms with Crippen molar-refractivity contribution in [2.45, 2.75) is 37.7 Å². The Bertz CT molecular complexity index is 239. The topological polar surface area (TPSA) is 52.3 Å². The van der Waals surface area contributed by atoms with E-state index in [1.165, 1.54) is 6.42 Å². The molecule has 66 valence electrons. The lowest BCUT2D eigenvalue weighted by Crippen LogP contribution is -2.30. The monoisotopic (exact) mass is 167 g/mol. The van der Waals surface area contributed by atoms with Crippen LogP contribution in [0.1, 0.15) is 32.1 Å². The van der Waals surface area contributed by atoms with Crippen molar-refractivity contribution < 1.29 is 9.53 Å². The highest BCUT2D eigenvalue weighted by Gasteiger charge is 2.39. The van der Waals surface area contributed by atoms with Gasteiger partial charge in [0, 0.05) is 0 Å². The zero-order chi connectivity index (χ0) is 8.60. The minimum Gasteiger partial charge on any atom is -0.450 e. The second-order valence-electron chi connectivity index (χ2n) is 3.61. The summed E-state index contributed by atoms with van der Waals surface area (Å²) in [6, 6.07) is 0. The van der Waals surface area contributed by atoms with E-state index in [-0.39, 0.29) is 17.3 Å². The smallest absolute Gasteiger partial charge is 0.354 e. The fourth-order valence-corrected chi connectivity index (χ4v) is 2.01. The molecular formula is C9H13NO2. The molecule has 2 N–H and O–H groups in total. The van der Waals surface area contributed by atoms with Crippen molar-refractivity contribution >= 4 is 5.97 Å². The molecule has 0 radical (unpaired) electrons. The molecule has 1 saturated carbocycles. The average molecular weight is 167 g/mol. The highest BCUT2D eigenvalue weighted by molar-refractivity contribution is 5.90. The molecule has 0 aromatic carbocycles. The van der Waals surface area contributed by atoms with Crippen LogP contribution in [0.3, 0.4) is 0 Å². The first-order valence-corrected chi connectivity index (χ1v) is 4.44. The Morgan fingerprint density at radius 2 is 2.00 bits per heavy atom. The van der Waals surface area contributed by atoms with Gasteiger partial charge in [0.25, 0.3) is 0 Å². The van der Waals surface area contributed by atoms with Gasteiger partial charge in [-0.15, -0.1) is 0 Å². The average Bonchev–Trinajstić information content (AvgIpc) is 2.29. The maximum Gasteiger partial charge on any atom is 0.354 e. The van der Waals surface area contributed by atoms with Gasteiger partial charge in [-0.3, -0.25) is 0 Å². The molecule has 3 nitrogen and oxygen atoms in total. The molecule has 0 aromatic heterocycles. The van der Waals surface area contributed by atoms with Gasteiger partial charge in [-0.2, -0.15) is 0 Å². The van der Waals surface area contributed by atoms with Gasteiger partial charge in [0.1, 0.15) is 11.3 Å². The second-order valence-corrected chi connectivity index (χ2v) is 3.61. The van der Waals surface area contributed by atoms with Crippen molar-refractivity contribution in [1.82, 2.24) is 0 Å². The van der Waals surface area contributed by atoms with Crippen molar-refractivity contribution in [2.75, 3.05) is 0 Å². The van der Waals surface area contributed by atoms with Gasteiger partial charge in [0.15, 0.2) is 0 Å². The van der Waals surface area contributed by atoms with Gasteiger partial charge in [0.05, 0.1) is 0 Å². The molecule has 2 rings (SSSR count). The van der Waals surface area contributed by atoms with Crippen molar-refractivity contribution in [3.63, 3.8) is 0 Å². The van der Waals surface area contributed by atoms with Crippen LogP contribution in [0.2, 0.25) is 0 Å². The molecule has 12 heavy (non-hydrogen) atoms. The third-order valence-corrected chi connectivity index (χ3v) is 2.65. The number of carbonyl (C=O) groups excluding carboxylic acids is 1. The maximum absolute atomic E-state index is 11.0. The summed E-state index contributed by atoms with van der Waals surface area (Å²) in [5.41, 5.74) is 5.44. The third-order valence-electron chi connectivity index (χ3n) is 2.65. The van der Waals surface area contributed by atoms with E-state index >= 15 is 0 Å². The van der Waals surface area contributed by atoms with Crippen LogP contribution >= 0.6 is 0 Å². The van der Waals surface area contributed by atoms with Crippen molar-refractivity contribution in [3.05, 3.63) is 11.8 Å². The number of hydrogen-bond donors (Lipinski definition) is 1. The Hall–Kier alpha value is -0.990. The van der Waals surface area contributed by atoms with E-state index in [1.54, 1.807) is 6.08 Å². The van der Waals surface area contributed by atoms with E-state index in [0.717, 1.165) is 25.7 Å². The van der Waals surface area contributed by atoms with Gasteiger partial charge >= 0.3 is 5.97 Å². The molecule has 1 aliphatic heterocycles. The number of hydrogen-bond acceptors (Lipinski definition) is 3. The largest absolute Gasteiger partial charge is 0.450 e. The first-order valence-electron chi connectivity index (χ1n) is 4.44. The molecule has 3 heteroatoms. The van der Waals surface area contributed by atoms with Gasteiger partial charge in [-0.05, 0) is 31.8 Å². The first kappa shape index (κ1) is 7.65. The van der Waals surface area contributed by atoms with Gasteiger partial charge < -0.3 is 10.5 Å². The quantitative estimate of drug-likeness (QED) is 0.549. The van der Waals surface area contributed by atoms with Crippen LogP contribution in [0.25, 0.3) is 0 Å². The SMILES string of the molecule is NC1=CC2(CCCCC2)OC1=O. The molecule has 0 aromatic rings. The molecule has 1 aliphatic carbocycles. The maximum atomic E-state index is 11.0. The molecule has 1 fully saturated rings. The summed E-state index contributed by atoms with van der Waals surface area (Å²) in [6.45, 7) is 0. The lowest BCUT2D eigenvalue weighted by molar-refractivity contribution is -0.148. The zero-order valence-electron chi connectivity index (χ0n) is 7.01. The predicted octanol–water partition coefficient (Wildman–Crippen LogP) is 1.09. The molecule has 1 spiro atoms. The van der Waals surface area contributed by atoms with Crippen LogP contribution in [0.5, 0.6) is 0 Å². The van der Waals surface area contributed by atoms with E-state index in [4.69, 9.17) is 10.5 Å². The Kier molecular flexibility index (Phi) is 1.60. The van der Waals surface area contributed by atoms with E-state index in [1.807, 2.05) is 0 Å². The highest BCUT2D eigenvalue weighted by atomic mass is 16.6. The summed E-state index contributed by atoms with van der Waals surface area (Å²) in [5.74, 6) is -0.336. The second kappa shape index (κ2) is 2.51. The Morgan fingerprint density at radius 3 is 2.50 bits per heavy atom. The number of ether oxygens (including phenoxy) is 1. The van der Waals surface area contributed by atoms with Crippen LogP contribution in [-0.2, 0) is 9.53 Å². The van der Waals surface area contributed by atoms with Gasteiger partial charge in [0.2, 0.25) is 0 Å². The molecule has 0 unspecified atom stereocenters. The van der Waals surface area contributed by atoms with Gasteiger partial charge in [-0.25, -0.2) is 4.79 Å². The number of carbonyl (C=O) groups is 1. The van der Waals surface area contributed by atoms with E-state index in [2.05, 4.69) is 0 Å². The minimum atomic E-state index is -0.336. The molecule has 0 atom stereocenters. The summed E-state index contributed by atoms with van der Waals surface area (Å²) >= 11 is 0. The molecular weight excluding hydrogens is 154 g/mol. The Balaban J connectivity index is 2.18. The summed E-state index contributed by atoms with van der Waals surface area (Å²) in [5, 5.41) is 0.